The molecular formula is C11H11BrN2. The van der Waals surface area contributed by atoms with E-state index in [1.807, 2.05) is 18.2 Å². The van der Waals surface area contributed by atoms with Gasteiger partial charge in [0.25, 0.3) is 0 Å². The van der Waals surface area contributed by atoms with Gasteiger partial charge in [-0.1, -0.05) is 28.9 Å². The molecule has 2 aromatic rings. The van der Waals surface area contributed by atoms with Crippen LogP contribution in [0.25, 0.3) is 10.9 Å². The molecule has 0 atom stereocenters. The molecule has 14 heavy (non-hydrogen) atoms. The third-order valence-corrected chi connectivity index (χ3v) is 2.75. The highest BCUT2D eigenvalue weighted by Gasteiger charge is 2.02. The van der Waals surface area contributed by atoms with Crippen molar-refractivity contribution in [1.29, 1.82) is 0 Å². The SMILES string of the molecule is CCc1cc(N)nc2cc(Br)ccc12. The second-order valence-electron chi connectivity index (χ2n) is 3.22. The van der Waals surface area contributed by atoms with Crippen molar-refractivity contribution < 1.29 is 0 Å². The molecule has 1 aromatic heterocycles. The fourth-order valence-electron chi connectivity index (χ4n) is 1.59. The first-order valence-electron chi connectivity index (χ1n) is 4.55. The minimum Gasteiger partial charge on any atom is -0.384 e. The zero-order valence-electron chi connectivity index (χ0n) is 7.92. The van der Waals surface area contributed by atoms with Crippen LogP contribution in [0.2, 0.25) is 0 Å². The van der Waals surface area contributed by atoms with Crippen LogP contribution in [0.4, 0.5) is 5.82 Å². The van der Waals surface area contributed by atoms with Crippen LogP contribution in [-0.4, -0.2) is 4.98 Å². The Hall–Kier alpha value is -1.09. The second kappa shape index (κ2) is 3.58. The van der Waals surface area contributed by atoms with Crippen molar-refractivity contribution >= 4 is 32.7 Å². The Morgan fingerprint density at radius 3 is 2.86 bits per heavy atom. The van der Waals surface area contributed by atoms with E-state index in [1.165, 1.54) is 10.9 Å². The quantitative estimate of drug-likeness (QED) is 0.845. The maximum absolute atomic E-state index is 5.72. The summed E-state index contributed by atoms with van der Waals surface area (Å²) in [6, 6.07) is 8.03. The number of rotatable bonds is 1. The van der Waals surface area contributed by atoms with Gasteiger partial charge in [0.05, 0.1) is 5.52 Å². The van der Waals surface area contributed by atoms with Gasteiger partial charge >= 0.3 is 0 Å². The lowest BCUT2D eigenvalue weighted by atomic mass is 10.1. The van der Waals surface area contributed by atoms with Gasteiger partial charge in [-0.15, -0.1) is 0 Å². The van der Waals surface area contributed by atoms with Crippen molar-refractivity contribution in [1.82, 2.24) is 4.98 Å². The van der Waals surface area contributed by atoms with E-state index in [0.29, 0.717) is 5.82 Å². The highest BCUT2D eigenvalue weighted by molar-refractivity contribution is 9.10. The van der Waals surface area contributed by atoms with Crippen LogP contribution in [-0.2, 0) is 6.42 Å². The monoisotopic (exact) mass is 250 g/mol. The van der Waals surface area contributed by atoms with Crippen LogP contribution >= 0.6 is 15.9 Å². The molecule has 1 aromatic carbocycles. The molecule has 0 unspecified atom stereocenters. The predicted molar refractivity (Wildman–Crippen MR) is 63.2 cm³/mol. The van der Waals surface area contributed by atoms with E-state index < -0.39 is 0 Å². The minimum atomic E-state index is 0.590. The van der Waals surface area contributed by atoms with Crippen LogP contribution in [0, 0.1) is 0 Å². The van der Waals surface area contributed by atoms with Gasteiger partial charge in [-0.05, 0) is 30.2 Å². The average molecular weight is 251 g/mol. The number of nitrogens with two attached hydrogens (primary N) is 1. The van der Waals surface area contributed by atoms with Crippen LogP contribution < -0.4 is 5.73 Å². The van der Waals surface area contributed by atoms with Crippen molar-refractivity contribution in [3.8, 4) is 0 Å². The van der Waals surface area contributed by atoms with Crippen LogP contribution in [0.5, 0.6) is 0 Å². The van der Waals surface area contributed by atoms with Crippen molar-refractivity contribution in [2.75, 3.05) is 5.73 Å². The lowest BCUT2D eigenvalue weighted by molar-refractivity contribution is 1.15. The smallest absolute Gasteiger partial charge is 0.124 e. The predicted octanol–water partition coefficient (Wildman–Crippen LogP) is 3.14. The van der Waals surface area contributed by atoms with Gasteiger partial charge < -0.3 is 5.73 Å². The van der Waals surface area contributed by atoms with Gasteiger partial charge in [-0.3, -0.25) is 0 Å². The van der Waals surface area contributed by atoms with Crippen LogP contribution in [0.1, 0.15) is 12.5 Å². The molecule has 3 heteroatoms. The van der Waals surface area contributed by atoms with Crippen LogP contribution in [0.15, 0.2) is 28.7 Å². The summed E-state index contributed by atoms with van der Waals surface area (Å²) < 4.78 is 1.03. The molecule has 0 aliphatic carbocycles. The standard InChI is InChI=1S/C11H11BrN2/c1-2-7-5-11(13)14-10-6-8(12)3-4-9(7)10/h3-6H,2H2,1H3,(H2,13,14). The third kappa shape index (κ3) is 1.60. The fraction of sp³-hybridized carbons (Fsp3) is 0.182. The van der Waals surface area contributed by atoms with E-state index in [-0.39, 0.29) is 0 Å². The number of anilines is 1. The van der Waals surface area contributed by atoms with Gasteiger partial charge in [-0.2, -0.15) is 0 Å². The first kappa shape index (κ1) is 9.46. The molecule has 0 saturated heterocycles. The molecule has 2 rings (SSSR count). The van der Waals surface area contributed by atoms with Gasteiger partial charge in [0, 0.05) is 9.86 Å². The lowest BCUT2D eigenvalue weighted by Crippen LogP contribution is -1.94. The molecule has 0 radical (unpaired) electrons. The molecule has 0 aliphatic rings. The van der Waals surface area contributed by atoms with E-state index in [4.69, 9.17) is 5.73 Å². The Kier molecular flexibility index (Phi) is 2.42. The molecule has 0 aliphatic heterocycles. The Morgan fingerprint density at radius 2 is 2.14 bits per heavy atom. The number of benzene rings is 1. The molecule has 0 bridgehead atoms. The Bertz CT molecular complexity index is 475. The van der Waals surface area contributed by atoms with E-state index in [2.05, 4.69) is 33.9 Å². The topological polar surface area (TPSA) is 38.9 Å². The summed E-state index contributed by atoms with van der Waals surface area (Å²) >= 11 is 3.42. The van der Waals surface area contributed by atoms with Gasteiger partial charge in [0.1, 0.15) is 5.82 Å². The fourth-order valence-corrected chi connectivity index (χ4v) is 1.94. The number of nitrogens with zero attached hydrogens (tertiary/aromatic N) is 1. The van der Waals surface area contributed by atoms with Crippen molar-refractivity contribution in [3.05, 3.63) is 34.3 Å². The first-order valence-corrected chi connectivity index (χ1v) is 5.34. The largest absolute Gasteiger partial charge is 0.384 e. The van der Waals surface area contributed by atoms with E-state index in [1.54, 1.807) is 0 Å². The molecule has 0 amide bonds. The summed E-state index contributed by atoms with van der Waals surface area (Å²) in [6.07, 6.45) is 0.977. The molecule has 2 nitrogen and oxygen atoms in total. The summed E-state index contributed by atoms with van der Waals surface area (Å²) in [5.41, 5.74) is 7.93. The van der Waals surface area contributed by atoms with Gasteiger partial charge in [-0.25, -0.2) is 4.98 Å². The number of hydrogen-bond acceptors (Lipinski definition) is 2. The average Bonchev–Trinajstić information content (AvgIpc) is 2.15. The molecule has 0 spiro atoms. The Morgan fingerprint density at radius 1 is 1.36 bits per heavy atom. The summed E-state index contributed by atoms with van der Waals surface area (Å²) in [5, 5.41) is 1.19. The number of fused-ring (bicyclic) bond motifs is 1. The maximum atomic E-state index is 5.72. The highest BCUT2D eigenvalue weighted by atomic mass is 79.9. The summed E-state index contributed by atoms with van der Waals surface area (Å²) in [6.45, 7) is 2.12. The number of aromatic nitrogens is 1. The highest BCUT2D eigenvalue weighted by Crippen LogP contribution is 2.23. The van der Waals surface area contributed by atoms with Crippen molar-refractivity contribution in [2.45, 2.75) is 13.3 Å². The summed E-state index contributed by atoms with van der Waals surface area (Å²) in [5.74, 6) is 0.590. The first-order chi connectivity index (χ1) is 6.70. The summed E-state index contributed by atoms with van der Waals surface area (Å²) in [7, 11) is 0. The molecule has 72 valence electrons. The summed E-state index contributed by atoms with van der Waals surface area (Å²) in [4.78, 5) is 4.29. The maximum Gasteiger partial charge on any atom is 0.124 e. The normalized spacial score (nSPS) is 10.7. The van der Waals surface area contributed by atoms with E-state index >= 15 is 0 Å². The van der Waals surface area contributed by atoms with Gasteiger partial charge in [0.15, 0.2) is 0 Å². The Balaban J connectivity index is 2.81. The molecular weight excluding hydrogens is 240 g/mol. The third-order valence-electron chi connectivity index (χ3n) is 2.26. The molecule has 1 heterocycles. The van der Waals surface area contributed by atoms with Gasteiger partial charge in [0.2, 0.25) is 0 Å². The number of aryl methyl sites for hydroxylation is 1. The minimum absolute atomic E-state index is 0.590. The molecule has 0 fully saturated rings. The van der Waals surface area contributed by atoms with E-state index in [9.17, 15) is 0 Å². The molecule has 2 N–H and O–H groups in total. The lowest BCUT2D eigenvalue weighted by Gasteiger charge is -2.05. The number of hydrogen-bond donors (Lipinski definition) is 1. The second-order valence-corrected chi connectivity index (χ2v) is 4.14. The van der Waals surface area contributed by atoms with Crippen molar-refractivity contribution in [3.63, 3.8) is 0 Å². The zero-order valence-corrected chi connectivity index (χ0v) is 9.51. The number of nitrogen functional groups attached to an aromatic ring is 1. The number of pyridine rings is 1. The zero-order chi connectivity index (χ0) is 10.1. The Labute approximate surface area is 91.3 Å². The van der Waals surface area contributed by atoms with Crippen LogP contribution in [0.3, 0.4) is 0 Å². The van der Waals surface area contributed by atoms with Crippen molar-refractivity contribution in [2.24, 2.45) is 0 Å². The molecule has 0 saturated carbocycles. The number of halogens is 1. The van der Waals surface area contributed by atoms with E-state index in [0.717, 1.165) is 16.4 Å².